The summed E-state index contributed by atoms with van der Waals surface area (Å²) in [6.07, 6.45) is 1.64. The third-order valence-corrected chi connectivity index (χ3v) is 3.72. The summed E-state index contributed by atoms with van der Waals surface area (Å²) in [6.45, 7) is 8.03. The van der Waals surface area contributed by atoms with E-state index in [0.717, 1.165) is 29.5 Å². The fraction of sp³-hybridized carbons (Fsp3) is 0.316. The van der Waals surface area contributed by atoms with Gasteiger partial charge in [0.2, 0.25) is 0 Å². The van der Waals surface area contributed by atoms with E-state index in [-0.39, 0.29) is 11.8 Å². The van der Waals surface area contributed by atoms with E-state index in [9.17, 15) is 9.59 Å². The zero-order valence-corrected chi connectivity index (χ0v) is 13.5. The van der Waals surface area contributed by atoms with Crippen molar-refractivity contribution in [1.82, 2.24) is 4.98 Å². The number of hydrogen-bond donors (Lipinski definition) is 0. The molecule has 1 aromatic carbocycles. The number of carbonyl (C=O) groups is 2. The number of aromatic nitrogens is 1. The highest BCUT2D eigenvalue weighted by atomic mass is 16.1. The standard InChI is InChI=1S/C19H21NO2/c1-12(2)18-15(10-21)17(14-8-6-5-7-9-14)16(11-22)19(20-18)13(3)4/h5-13H,1-4H3. The molecule has 2 aromatic rings. The minimum Gasteiger partial charge on any atom is -0.298 e. The van der Waals surface area contributed by atoms with Crippen molar-refractivity contribution in [2.75, 3.05) is 0 Å². The molecular weight excluding hydrogens is 274 g/mol. The Hall–Kier alpha value is -2.29. The van der Waals surface area contributed by atoms with E-state index >= 15 is 0 Å². The molecule has 0 saturated heterocycles. The van der Waals surface area contributed by atoms with Crippen LogP contribution in [0.2, 0.25) is 0 Å². The van der Waals surface area contributed by atoms with Gasteiger partial charge in [-0.05, 0) is 17.4 Å². The van der Waals surface area contributed by atoms with Crippen LogP contribution in [0.1, 0.15) is 71.6 Å². The topological polar surface area (TPSA) is 47.0 Å². The first-order valence-electron chi connectivity index (χ1n) is 7.54. The lowest BCUT2D eigenvalue weighted by Gasteiger charge is -2.20. The maximum atomic E-state index is 11.7. The minimum atomic E-state index is 0.112. The SMILES string of the molecule is CC(C)c1nc(C(C)C)c(C=O)c(-c2ccccc2)c1C=O. The Morgan fingerprint density at radius 3 is 1.64 bits per heavy atom. The van der Waals surface area contributed by atoms with E-state index in [0.29, 0.717) is 16.7 Å². The van der Waals surface area contributed by atoms with Gasteiger partial charge in [0.05, 0.1) is 11.4 Å². The van der Waals surface area contributed by atoms with Gasteiger partial charge in [-0.15, -0.1) is 0 Å². The average molecular weight is 295 g/mol. The first kappa shape index (κ1) is 16.1. The highest BCUT2D eigenvalue weighted by molar-refractivity contribution is 5.98. The predicted octanol–water partition coefficient (Wildman–Crippen LogP) is 4.62. The Balaban J connectivity index is 2.94. The number of pyridine rings is 1. The lowest BCUT2D eigenvalue weighted by Crippen LogP contribution is -2.11. The van der Waals surface area contributed by atoms with E-state index < -0.39 is 0 Å². The molecule has 0 amide bonds. The maximum Gasteiger partial charge on any atom is 0.152 e. The van der Waals surface area contributed by atoms with Crippen molar-refractivity contribution >= 4 is 12.6 Å². The van der Waals surface area contributed by atoms with Gasteiger partial charge in [-0.25, -0.2) is 0 Å². The molecule has 0 fully saturated rings. The number of aldehydes is 2. The van der Waals surface area contributed by atoms with Gasteiger partial charge in [0.15, 0.2) is 12.6 Å². The van der Waals surface area contributed by atoms with Gasteiger partial charge in [-0.1, -0.05) is 58.0 Å². The van der Waals surface area contributed by atoms with Crippen molar-refractivity contribution < 1.29 is 9.59 Å². The summed E-state index contributed by atoms with van der Waals surface area (Å²) in [5, 5.41) is 0. The normalized spacial score (nSPS) is 11.0. The molecule has 1 aromatic heterocycles. The van der Waals surface area contributed by atoms with Crippen LogP contribution in [0.15, 0.2) is 30.3 Å². The molecule has 0 bridgehead atoms. The van der Waals surface area contributed by atoms with E-state index in [1.54, 1.807) is 0 Å². The molecule has 22 heavy (non-hydrogen) atoms. The molecule has 0 aliphatic rings. The zero-order chi connectivity index (χ0) is 16.3. The van der Waals surface area contributed by atoms with Crippen LogP contribution >= 0.6 is 0 Å². The molecule has 2 rings (SSSR count). The molecule has 0 spiro atoms. The highest BCUT2D eigenvalue weighted by Crippen LogP contribution is 2.34. The van der Waals surface area contributed by atoms with Crippen LogP contribution in [0.3, 0.4) is 0 Å². The quantitative estimate of drug-likeness (QED) is 0.756. The van der Waals surface area contributed by atoms with Crippen molar-refractivity contribution in [2.24, 2.45) is 0 Å². The summed E-state index contributed by atoms with van der Waals surface area (Å²) >= 11 is 0. The first-order chi connectivity index (χ1) is 10.5. The third-order valence-electron chi connectivity index (χ3n) is 3.72. The molecule has 0 N–H and O–H groups in total. The van der Waals surface area contributed by atoms with Crippen LogP contribution < -0.4 is 0 Å². The molecule has 114 valence electrons. The van der Waals surface area contributed by atoms with E-state index in [1.807, 2.05) is 58.0 Å². The summed E-state index contributed by atoms with van der Waals surface area (Å²) < 4.78 is 0. The van der Waals surface area contributed by atoms with Gasteiger partial charge in [-0.2, -0.15) is 0 Å². The number of nitrogens with zero attached hydrogens (tertiary/aromatic N) is 1. The Labute approximate surface area is 131 Å². The smallest absolute Gasteiger partial charge is 0.152 e. The summed E-state index contributed by atoms with van der Waals surface area (Å²) in [7, 11) is 0. The summed E-state index contributed by atoms with van der Waals surface area (Å²) in [6, 6.07) is 9.57. The molecule has 0 atom stereocenters. The second kappa shape index (κ2) is 6.65. The van der Waals surface area contributed by atoms with Gasteiger partial charge >= 0.3 is 0 Å². The van der Waals surface area contributed by atoms with Gasteiger partial charge < -0.3 is 0 Å². The van der Waals surface area contributed by atoms with Crippen molar-refractivity contribution in [1.29, 1.82) is 0 Å². The fourth-order valence-electron chi connectivity index (χ4n) is 2.69. The lowest BCUT2D eigenvalue weighted by atomic mass is 9.88. The van der Waals surface area contributed by atoms with Crippen molar-refractivity contribution in [3.05, 3.63) is 52.8 Å². The Bertz CT molecular complexity index is 650. The summed E-state index contributed by atoms with van der Waals surface area (Å²) in [5.41, 5.74) is 4.12. The molecule has 3 heteroatoms. The number of rotatable bonds is 5. The molecule has 0 saturated carbocycles. The van der Waals surface area contributed by atoms with Crippen LogP contribution in [0.4, 0.5) is 0 Å². The lowest BCUT2D eigenvalue weighted by molar-refractivity contribution is 0.112. The monoisotopic (exact) mass is 295 g/mol. The molecule has 0 radical (unpaired) electrons. The maximum absolute atomic E-state index is 11.7. The number of carbonyl (C=O) groups excluding carboxylic acids is 2. The number of hydrogen-bond acceptors (Lipinski definition) is 3. The molecule has 1 heterocycles. The van der Waals surface area contributed by atoms with Gasteiger partial charge in [0.1, 0.15) is 0 Å². The van der Waals surface area contributed by atoms with Crippen LogP contribution in [0, 0.1) is 0 Å². The third kappa shape index (κ3) is 2.84. The minimum absolute atomic E-state index is 0.112. The summed E-state index contributed by atoms with van der Waals surface area (Å²) in [5.74, 6) is 0.224. The second-order valence-corrected chi connectivity index (χ2v) is 6.00. The average Bonchev–Trinajstić information content (AvgIpc) is 2.53. The van der Waals surface area contributed by atoms with Crippen molar-refractivity contribution in [3.8, 4) is 11.1 Å². The second-order valence-electron chi connectivity index (χ2n) is 6.00. The van der Waals surface area contributed by atoms with Crippen molar-refractivity contribution in [2.45, 2.75) is 39.5 Å². The van der Waals surface area contributed by atoms with Gasteiger partial charge in [0, 0.05) is 16.7 Å². The Morgan fingerprint density at radius 1 is 0.818 bits per heavy atom. The largest absolute Gasteiger partial charge is 0.298 e. The van der Waals surface area contributed by atoms with Crippen LogP contribution in [0.25, 0.3) is 11.1 Å². The fourth-order valence-corrected chi connectivity index (χ4v) is 2.69. The Kier molecular flexibility index (Phi) is 4.86. The molecule has 0 aliphatic carbocycles. The zero-order valence-electron chi connectivity index (χ0n) is 13.5. The van der Waals surface area contributed by atoms with E-state index in [2.05, 4.69) is 4.98 Å². The van der Waals surface area contributed by atoms with Crippen LogP contribution in [-0.4, -0.2) is 17.6 Å². The van der Waals surface area contributed by atoms with E-state index in [4.69, 9.17) is 0 Å². The van der Waals surface area contributed by atoms with E-state index in [1.165, 1.54) is 0 Å². The Morgan fingerprint density at radius 2 is 1.27 bits per heavy atom. The summed E-state index contributed by atoms with van der Waals surface area (Å²) in [4.78, 5) is 28.1. The van der Waals surface area contributed by atoms with Crippen molar-refractivity contribution in [3.63, 3.8) is 0 Å². The molecule has 3 nitrogen and oxygen atoms in total. The molecular formula is C19H21NO2. The molecule has 0 aliphatic heterocycles. The number of benzene rings is 1. The molecule has 0 unspecified atom stereocenters. The van der Waals surface area contributed by atoms with Crippen LogP contribution in [0.5, 0.6) is 0 Å². The van der Waals surface area contributed by atoms with Gasteiger partial charge in [-0.3, -0.25) is 14.6 Å². The van der Waals surface area contributed by atoms with Crippen LogP contribution in [-0.2, 0) is 0 Å². The first-order valence-corrected chi connectivity index (χ1v) is 7.54. The predicted molar refractivity (Wildman–Crippen MR) is 88.6 cm³/mol. The highest BCUT2D eigenvalue weighted by Gasteiger charge is 2.22. The van der Waals surface area contributed by atoms with Gasteiger partial charge in [0.25, 0.3) is 0 Å².